The van der Waals surface area contributed by atoms with E-state index in [1.807, 2.05) is 6.92 Å². The smallest absolute Gasteiger partial charge is 0.149 e. The van der Waals surface area contributed by atoms with Crippen molar-refractivity contribution in [2.45, 2.75) is 32.4 Å². The van der Waals surface area contributed by atoms with Crippen LogP contribution < -0.4 is 10.5 Å². The maximum atomic E-state index is 14.3. The quantitative estimate of drug-likeness (QED) is 0.810. The van der Waals surface area contributed by atoms with Gasteiger partial charge in [-0.05, 0) is 18.9 Å². The van der Waals surface area contributed by atoms with Crippen molar-refractivity contribution in [1.82, 2.24) is 4.98 Å². The second-order valence-corrected chi connectivity index (χ2v) is 3.78. The van der Waals surface area contributed by atoms with Crippen molar-refractivity contribution in [3.8, 4) is 5.75 Å². The first-order valence-electron chi connectivity index (χ1n) is 5.63. The van der Waals surface area contributed by atoms with Crippen LogP contribution in [-0.2, 0) is 5.67 Å². The van der Waals surface area contributed by atoms with Crippen LogP contribution >= 0.6 is 0 Å². The topological polar surface area (TPSA) is 48.1 Å². The van der Waals surface area contributed by atoms with Crippen molar-refractivity contribution < 1.29 is 9.13 Å². The number of halogens is 1. The Kier molecular flexibility index (Phi) is 4.68. The summed E-state index contributed by atoms with van der Waals surface area (Å²) >= 11 is 0. The van der Waals surface area contributed by atoms with E-state index in [-0.39, 0.29) is 6.54 Å². The summed E-state index contributed by atoms with van der Waals surface area (Å²) in [4.78, 5) is 3.98. The molecule has 0 spiro atoms. The zero-order valence-corrected chi connectivity index (χ0v) is 9.87. The van der Waals surface area contributed by atoms with Crippen LogP contribution in [0.3, 0.4) is 0 Å². The molecule has 0 saturated heterocycles. The fraction of sp³-hybridized carbons (Fsp3) is 0.583. The van der Waals surface area contributed by atoms with E-state index in [9.17, 15) is 4.39 Å². The second-order valence-electron chi connectivity index (χ2n) is 3.78. The Balaban J connectivity index is 2.88. The molecule has 0 saturated carbocycles. The highest BCUT2D eigenvalue weighted by Crippen LogP contribution is 2.29. The summed E-state index contributed by atoms with van der Waals surface area (Å²) in [5, 5.41) is 0. The average Bonchev–Trinajstić information content (AvgIpc) is 2.35. The highest BCUT2D eigenvalue weighted by atomic mass is 19.1. The third-order valence-electron chi connectivity index (χ3n) is 2.59. The maximum Gasteiger partial charge on any atom is 0.149 e. The largest absolute Gasteiger partial charge is 0.492 e. The molecule has 0 bridgehead atoms. The number of hydrogen-bond donors (Lipinski definition) is 1. The normalized spacial score (nSPS) is 14.5. The van der Waals surface area contributed by atoms with Gasteiger partial charge in [-0.2, -0.15) is 0 Å². The zero-order valence-electron chi connectivity index (χ0n) is 9.87. The molecule has 0 aromatic carbocycles. The average molecular weight is 226 g/mol. The second kappa shape index (κ2) is 5.80. The number of nitrogens with zero attached hydrogens (tertiary/aromatic N) is 1. The summed E-state index contributed by atoms with van der Waals surface area (Å²) in [5.74, 6) is 0.600. The number of aromatic nitrogens is 1. The summed E-state index contributed by atoms with van der Waals surface area (Å²) < 4.78 is 19.7. The minimum absolute atomic E-state index is 0.0393. The molecule has 1 aromatic heterocycles. The third kappa shape index (κ3) is 2.92. The number of nitrogens with two attached hydrogens (primary N) is 1. The molecule has 0 aliphatic rings. The number of ether oxygens (including phenoxy) is 1. The summed E-state index contributed by atoms with van der Waals surface area (Å²) in [5.41, 5.74) is 4.45. The molecule has 1 rings (SSSR count). The van der Waals surface area contributed by atoms with E-state index in [0.717, 1.165) is 6.42 Å². The van der Waals surface area contributed by atoms with Gasteiger partial charge in [-0.3, -0.25) is 4.98 Å². The predicted molar refractivity (Wildman–Crippen MR) is 62.2 cm³/mol. The molecule has 0 aliphatic carbocycles. The van der Waals surface area contributed by atoms with Gasteiger partial charge in [0.25, 0.3) is 0 Å². The molecule has 0 radical (unpaired) electrons. The molecule has 2 N–H and O–H groups in total. The maximum absolute atomic E-state index is 14.3. The van der Waals surface area contributed by atoms with Crippen LogP contribution in [0, 0.1) is 0 Å². The third-order valence-corrected chi connectivity index (χ3v) is 2.59. The monoisotopic (exact) mass is 226 g/mol. The zero-order chi connectivity index (χ0) is 12.0. The Morgan fingerprint density at radius 3 is 2.75 bits per heavy atom. The van der Waals surface area contributed by atoms with Crippen LogP contribution in [-0.4, -0.2) is 18.1 Å². The molecule has 0 aliphatic heterocycles. The predicted octanol–water partition coefficient (Wildman–Crippen LogP) is 2.40. The van der Waals surface area contributed by atoms with Crippen molar-refractivity contribution in [2.24, 2.45) is 5.73 Å². The van der Waals surface area contributed by atoms with Gasteiger partial charge in [0.05, 0.1) is 12.8 Å². The van der Waals surface area contributed by atoms with Gasteiger partial charge < -0.3 is 10.5 Å². The number of rotatable bonds is 6. The van der Waals surface area contributed by atoms with Gasteiger partial charge in [-0.25, -0.2) is 4.39 Å². The lowest BCUT2D eigenvalue weighted by atomic mass is 9.95. The van der Waals surface area contributed by atoms with Gasteiger partial charge in [-0.15, -0.1) is 0 Å². The Hall–Kier alpha value is -1.16. The fourth-order valence-electron chi connectivity index (χ4n) is 1.43. The summed E-state index contributed by atoms with van der Waals surface area (Å²) in [7, 11) is 0. The first-order chi connectivity index (χ1) is 7.66. The number of hydrogen-bond acceptors (Lipinski definition) is 3. The van der Waals surface area contributed by atoms with Gasteiger partial charge in [0.1, 0.15) is 11.4 Å². The lowest BCUT2D eigenvalue weighted by molar-refractivity contribution is 0.167. The van der Waals surface area contributed by atoms with Crippen molar-refractivity contribution in [3.63, 3.8) is 0 Å². The van der Waals surface area contributed by atoms with E-state index in [1.165, 1.54) is 6.20 Å². The van der Waals surface area contributed by atoms with Gasteiger partial charge in [0.2, 0.25) is 0 Å². The summed E-state index contributed by atoms with van der Waals surface area (Å²) in [6.07, 6.45) is 4.35. The van der Waals surface area contributed by atoms with Crippen LogP contribution in [0.5, 0.6) is 5.75 Å². The van der Waals surface area contributed by atoms with Crippen molar-refractivity contribution in [3.05, 3.63) is 24.0 Å². The Labute approximate surface area is 95.8 Å². The molecule has 3 nitrogen and oxygen atoms in total. The lowest BCUT2D eigenvalue weighted by Crippen LogP contribution is -2.29. The molecular formula is C12H19FN2O. The van der Waals surface area contributed by atoms with E-state index in [0.29, 0.717) is 24.3 Å². The Morgan fingerprint density at radius 1 is 1.44 bits per heavy atom. The molecule has 1 atom stereocenters. The minimum Gasteiger partial charge on any atom is -0.492 e. The first kappa shape index (κ1) is 12.9. The highest BCUT2D eigenvalue weighted by molar-refractivity contribution is 5.28. The van der Waals surface area contributed by atoms with Gasteiger partial charge in [0.15, 0.2) is 0 Å². The van der Waals surface area contributed by atoms with E-state index in [4.69, 9.17) is 10.5 Å². The molecule has 1 unspecified atom stereocenters. The lowest BCUT2D eigenvalue weighted by Gasteiger charge is -2.22. The van der Waals surface area contributed by atoms with Gasteiger partial charge in [0, 0.05) is 18.3 Å². The molecule has 0 fully saturated rings. The van der Waals surface area contributed by atoms with E-state index >= 15 is 0 Å². The molecule has 90 valence electrons. The van der Waals surface area contributed by atoms with Crippen LogP contribution in [0.1, 0.15) is 32.3 Å². The minimum atomic E-state index is -1.50. The van der Waals surface area contributed by atoms with E-state index < -0.39 is 5.67 Å². The molecular weight excluding hydrogens is 207 g/mol. The number of alkyl halides is 1. The summed E-state index contributed by atoms with van der Waals surface area (Å²) in [6, 6.07) is 1.68. The Bertz CT molecular complexity index is 327. The van der Waals surface area contributed by atoms with Crippen LogP contribution in [0.2, 0.25) is 0 Å². The van der Waals surface area contributed by atoms with Gasteiger partial charge in [-0.1, -0.05) is 13.8 Å². The molecule has 16 heavy (non-hydrogen) atoms. The fourth-order valence-corrected chi connectivity index (χ4v) is 1.43. The molecule has 1 aromatic rings. The molecule has 1 heterocycles. The highest BCUT2D eigenvalue weighted by Gasteiger charge is 2.28. The van der Waals surface area contributed by atoms with Gasteiger partial charge >= 0.3 is 0 Å². The summed E-state index contributed by atoms with van der Waals surface area (Å²) in [6.45, 7) is 4.36. The Morgan fingerprint density at radius 2 is 2.19 bits per heavy atom. The first-order valence-corrected chi connectivity index (χ1v) is 5.63. The number of pyridine rings is 1. The van der Waals surface area contributed by atoms with Crippen LogP contribution in [0.25, 0.3) is 0 Å². The SMILES string of the molecule is CCCOc1cncc(C(F)(CC)CN)c1. The standard InChI is InChI=1S/C12H19FN2O/c1-3-5-16-11-6-10(7-15-8-11)12(13,4-2)9-14/h6-8H,3-5,9,14H2,1-2H3. The molecule has 4 heteroatoms. The van der Waals surface area contributed by atoms with E-state index in [1.54, 1.807) is 19.2 Å². The van der Waals surface area contributed by atoms with Crippen LogP contribution in [0.4, 0.5) is 4.39 Å². The molecule has 0 amide bonds. The van der Waals surface area contributed by atoms with Crippen molar-refractivity contribution in [1.29, 1.82) is 0 Å². The van der Waals surface area contributed by atoms with Crippen molar-refractivity contribution in [2.75, 3.05) is 13.2 Å². The van der Waals surface area contributed by atoms with E-state index in [2.05, 4.69) is 4.98 Å². The van der Waals surface area contributed by atoms with Crippen molar-refractivity contribution >= 4 is 0 Å². The van der Waals surface area contributed by atoms with Crippen LogP contribution in [0.15, 0.2) is 18.5 Å².